The number of imide groups is 1. The van der Waals surface area contributed by atoms with Crippen molar-refractivity contribution in [3.05, 3.63) is 110 Å². The lowest BCUT2D eigenvalue weighted by Crippen LogP contribution is -2.33. The monoisotopic (exact) mass is 669 g/mol. The van der Waals surface area contributed by atoms with Crippen molar-refractivity contribution in [2.24, 2.45) is 5.92 Å². The van der Waals surface area contributed by atoms with E-state index in [9.17, 15) is 24.0 Å². The van der Waals surface area contributed by atoms with Crippen molar-refractivity contribution in [1.82, 2.24) is 4.57 Å². The van der Waals surface area contributed by atoms with Crippen LogP contribution in [-0.4, -0.2) is 40.1 Å². The second kappa shape index (κ2) is 12.6. The maximum Gasteiger partial charge on any atom is 0.338 e. The first-order valence-electron chi connectivity index (χ1n) is 15.4. The Morgan fingerprint density at radius 1 is 0.894 bits per heavy atom. The molecule has 0 radical (unpaired) electrons. The van der Waals surface area contributed by atoms with Crippen LogP contribution < -0.4 is 15.1 Å². The van der Waals surface area contributed by atoms with Gasteiger partial charge < -0.3 is 10.1 Å². The average Bonchev–Trinajstić information content (AvgIpc) is 3.47. The molecule has 242 valence electrons. The predicted molar refractivity (Wildman–Crippen MR) is 183 cm³/mol. The van der Waals surface area contributed by atoms with Gasteiger partial charge in [0.05, 0.1) is 28.8 Å². The predicted octanol–water partition coefficient (Wildman–Crippen LogP) is 6.13. The van der Waals surface area contributed by atoms with Crippen LogP contribution in [0.5, 0.6) is 0 Å². The van der Waals surface area contributed by atoms with Gasteiger partial charge >= 0.3 is 10.8 Å². The number of esters is 1. The fourth-order valence-corrected chi connectivity index (χ4v) is 8.77. The van der Waals surface area contributed by atoms with Crippen molar-refractivity contribution >= 4 is 58.2 Å². The number of benzene rings is 3. The molecule has 2 aliphatic heterocycles. The van der Waals surface area contributed by atoms with E-state index in [1.807, 2.05) is 43.3 Å². The number of nitrogens with zero attached hydrogens (tertiary/aromatic N) is 2. The number of rotatable bonds is 7. The van der Waals surface area contributed by atoms with Gasteiger partial charge in [-0.05, 0) is 66.8 Å². The molecule has 4 aromatic rings. The molecule has 6 rings (SSSR count). The molecule has 3 atom stereocenters. The minimum atomic E-state index is -0.776. The summed E-state index contributed by atoms with van der Waals surface area (Å²) in [6.45, 7) is 10.0. The summed E-state index contributed by atoms with van der Waals surface area (Å²) in [5.41, 5.74) is 4.20. The highest BCUT2D eigenvalue weighted by Crippen LogP contribution is 2.54. The lowest BCUT2D eigenvalue weighted by atomic mass is 9.81. The molecule has 3 aromatic carbocycles. The highest BCUT2D eigenvalue weighted by molar-refractivity contribution is 8.00. The fourth-order valence-electron chi connectivity index (χ4n) is 6.00. The zero-order valence-corrected chi connectivity index (χ0v) is 28.4. The molecule has 47 heavy (non-hydrogen) atoms. The number of hydrogen-bond acceptors (Lipinski definition) is 8. The number of nitrogens with one attached hydrogen (secondary N) is 1. The summed E-state index contributed by atoms with van der Waals surface area (Å²) in [5.74, 6) is -2.81. The molecule has 3 heterocycles. The van der Waals surface area contributed by atoms with Crippen LogP contribution in [0.15, 0.2) is 82.6 Å². The minimum absolute atomic E-state index is 0.0866. The number of anilines is 2. The number of carbonyl (C=O) groups excluding carboxylic acids is 4. The zero-order valence-electron chi connectivity index (χ0n) is 26.7. The van der Waals surface area contributed by atoms with Gasteiger partial charge in [-0.2, -0.15) is 0 Å². The number of hydrogen-bond donors (Lipinski definition) is 1. The number of ether oxygens (including phenoxy) is 1. The largest absolute Gasteiger partial charge is 0.462 e. The van der Waals surface area contributed by atoms with Crippen LogP contribution in [0.4, 0.5) is 11.4 Å². The first kappa shape index (κ1) is 32.5. The Labute approximate surface area is 280 Å². The minimum Gasteiger partial charge on any atom is -0.462 e. The zero-order chi connectivity index (χ0) is 33.6. The van der Waals surface area contributed by atoms with E-state index in [1.54, 1.807) is 43.3 Å². The van der Waals surface area contributed by atoms with Gasteiger partial charge in [0.15, 0.2) is 0 Å². The number of thioether (sulfide) groups is 1. The summed E-state index contributed by atoms with van der Waals surface area (Å²) in [5, 5.41) is 2.53. The molecule has 1 saturated heterocycles. The third kappa shape index (κ3) is 6.17. The third-order valence-corrected chi connectivity index (χ3v) is 11.1. The first-order chi connectivity index (χ1) is 22.4. The SMILES string of the molecule is CCOC(=O)c1ccc(NC(=O)Cn2c3c(sc2=O)[C@@H](c2ccc(C(C)(C)C)cc2)C2C(=O)N(c4ccc(C)cc4)C(=O)C2S3)cc1. The van der Waals surface area contributed by atoms with E-state index in [-0.39, 0.29) is 35.3 Å². The van der Waals surface area contributed by atoms with Crippen molar-refractivity contribution < 1.29 is 23.9 Å². The Morgan fingerprint density at radius 3 is 2.17 bits per heavy atom. The number of thiazole rings is 1. The van der Waals surface area contributed by atoms with E-state index >= 15 is 0 Å². The molecule has 2 unspecified atom stereocenters. The fraction of sp³-hybridized carbons (Fsp3) is 0.306. The van der Waals surface area contributed by atoms with E-state index in [2.05, 4.69) is 26.1 Å². The summed E-state index contributed by atoms with van der Waals surface area (Å²) < 4.78 is 6.41. The summed E-state index contributed by atoms with van der Waals surface area (Å²) in [7, 11) is 0. The third-order valence-electron chi connectivity index (χ3n) is 8.46. The summed E-state index contributed by atoms with van der Waals surface area (Å²) in [4.78, 5) is 68.5. The van der Waals surface area contributed by atoms with E-state index < -0.39 is 29.0 Å². The maximum absolute atomic E-state index is 14.1. The van der Waals surface area contributed by atoms with Gasteiger partial charge in [-0.25, -0.2) is 9.69 Å². The van der Waals surface area contributed by atoms with Crippen LogP contribution >= 0.6 is 23.1 Å². The summed E-state index contributed by atoms with van der Waals surface area (Å²) in [6.07, 6.45) is 0. The molecule has 3 amide bonds. The van der Waals surface area contributed by atoms with Crippen molar-refractivity contribution in [2.75, 3.05) is 16.8 Å². The van der Waals surface area contributed by atoms with E-state index in [0.717, 1.165) is 28.0 Å². The lowest BCUT2D eigenvalue weighted by molar-refractivity contribution is -0.122. The summed E-state index contributed by atoms with van der Waals surface area (Å²) >= 11 is 2.19. The lowest BCUT2D eigenvalue weighted by Gasteiger charge is -2.31. The Balaban J connectivity index is 1.35. The van der Waals surface area contributed by atoms with Crippen molar-refractivity contribution in [3.63, 3.8) is 0 Å². The number of carbonyl (C=O) groups is 4. The van der Waals surface area contributed by atoms with Gasteiger partial charge in [0, 0.05) is 16.5 Å². The molecule has 1 N–H and O–H groups in total. The topological polar surface area (TPSA) is 115 Å². The highest BCUT2D eigenvalue weighted by Gasteiger charge is 2.56. The van der Waals surface area contributed by atoms with E-state index in [0.29, 0.717) is 26.8 Å². The molecule has 1 aromatic heterocycles. The Morgan fingerprint density at radius 2 is 1.55 bits per heavy atom. The number of aromatic nitrogens is 1. The van der Waals surface area contributed by atoms with Crippen LogP contribution in [0, 0.1) is 12.8 Å². The number of aryl methyl sites for hydroxylation is 1. The number of amides is 3. The van der Waals surface area contributed by atoms with Crippen LogP contribution in [0.3, 0.4) is 0 Å². The Kier molecular flexibility index (Phi) is 8.71. The molecule has 0 bridgehead atoms. The summed E-state index contributed by atoms with van der Waals surface area (Å²) in [6, 6.07) is 21.6. The molecule has 0 spiro atoms. The van der Waals surface area contributed by atoms with Crippen molar-refractivity contribution in [2.45, 2.75) is 62.8 Å². The molecular weight excluding hydrogens is 635 g/mol. The first-order valence-corrected chi connectivity index (χ1v) is 17.1. The number of fused-ring (bicyclic) bond motifs is 2. The Bertz CT molecular complexity index is 1920. The highest BCUT2D eigenvalue weighted by atomic mass is 32.2. The smallest absolute Gasteiger partial charge is 0.338 e. The van der Waals surface area contributed by atoms with Crippen LogP contribution in [0.1, 0.15) is 65.5 Å². The maximum atomic E-state index is 14.1. The van der Waals surface area contributed by atoms with E-state index in [1.165, 1.54) is 21.2 Å². The van der Waals surface area contributed by atoms with Gasteiger partial charge in [0.25, 0.3) is 0 Å². The average molecular weight is 670 g/mol. The van der Waals surface area contributed by atoms with Gasteiger partial charge in [0.1, 0.15) is 11.8 Å². The Hall–Kier alpha value is -4.48. The van der Waals surface area contributed by atoms with Gasteiger partial charge in [0.2, 0.25) is 17.7 Å². The van der Waals surface area contributed by atoms with Crippen LogP contribution in [0.25, 0.3) is 0 Å². The second-order valence-corrected chi connectivity index (χ2v) is 14.9. The second-order valence-electron chi connectivity index (χ2n) is 12.7. The molecule has 0 saturated carbocycles. The molecule has 1 fully saturated rings. The van der Waals surface area contributed by atoms with Gasteiger partial charge in [-0.1, -0.05) is 85.8 Å². The van der Waals surface area contributed by atoms with Gasteiger partial charge in [-0.15, -0.1) is 0 Å². The van der Waals surface area contributed by atoms with Gasteiger partial charge in [-0.3, -0.25) is 23.7 Å². The molecule has 11 heteroatoms. The van der Waals surface area contributed by atoms with Crippen molar-refractivity contribution in [1.29, 1.82) is 0 Å². The normalized spacial score (nSPS) is 18.9. The molecule has 0 aliphatic carbocycles. The molecule has 9 nitrogen and oxygen atoms in total. The molecular formula is C36H35N3O6S2. The quantitative estimate of drug-likeness (QED) is 0.186. The molecule has 2 aliphatic rings. The van der Waals surface area contributed by atoms with Crippen LogP contribution in [-0.2, 0) is 31.1 Å². The van der Waals surface area contributed by atoms with Crippen molar-refractivity contribution in [3.8, 4) is 0 Å². The van der Waals surface area contributed by atoms with E-state index in [4.69, 9.17) is 4.74 Å². The standard InChI is InChI=1S/C36H35N3O6S2/c1-6-45-34(43)22-11-15-24(16-12-22)37-26(40)19-38-33-30(47-35(38)44)27(21-9-13-23(14-10-21)36(3,4)5)28-29(46-33)32(42)39(31(28)41)25-17-7-20(2)8-18-25/h7-18,27-29H,6,19H2,1-5H3,(H,37,40)/t27-,28?,29?/m0/s1. The van der Waals surface area contributed by atoms with Crippen LogP contribution in [0.2, 0.25) is 0 Å².